The number of nitrogens with zero attached hydrogens (tertiary/aromatic N) is 1. The number of ketones is 1. The third-order valence-corrected chi connectivity index (χ3v) is 3.52. The third-order valence-electron chi connectivity index (χ3n) is 3.52. The van der Waals surface area contributed by atoms with Gasteiger partial charge in [-0.2, -0.15) is 0 Å². The highest BCUT2D eigenvalue weighted by Crippen LogP contribution is 2.24. The molecule has 19 heavy (non-hydrogen) atoms. The van der Waals surface area contributed by atoms with Crippen LogP contribution in [0.15, 0.2) is 23.2 Å². The second-order valence-corrected chi connectivity index (χ2v) is 4.98. The molecule has 1 fully saturated rings. The minimum atomic E-state index is -0.678. The molecule has 0 atom stereocenters. The van der Waals surface area contributed by atoms with Crippen molar-refractivity contribution in [1.82, 2.24) is 0 Å². The first-order valence-electron chi connectivity index (χ1n) is 6.68. The van der Waals surface area contributed by atoms with E-state index in [1.165, 1.54) is 24.8 Å². The van der Waals surface area contributed by atoms with Crippen molar-refractivity contribution in [3.63, 3.8) is 0 Å². The molecule has 0 bridgehead atoms. The average Bonchev–Trinajstić information content (AvgIpc) is 2.43. The number of hydrogen-bond donors (Lipinski definition) is 1. The molecule has 0 heterocycles. The van der Waals surface area contributed by atoms with Crippen LogP contribution in [0.3, 0.4) is 0 Å². The van der Waals surface area contributed by atoms with Gasteiger partial charge in [-0.3, -0.25) is 9.79 Å². The lowest BCUT2D eigenvalue weighted by molar-refractivity contribution is -0.122. The number of Topliss-reactive ketones (excluding diaryl/α,β-unsaturated/α-hetero) is 1. The lowest BCUT2D eigenvalue weighted by Crippen LogP contribution is -2.20. The predicted molar refractivity (Wildman–Crippen MR) is 72.1 cm³/mol. The van der Waals surface area contributed by atoms with Crippen molar-refractivity contribution in [3.05, 3.63) is 29.6 Å². The number of aliphatic imine (C=N–C) groups is 1. The van der Waals surface area contributed by atoms with Crippen LogP contribution in [0, 0.1) is 11.7 Å². The summed E-state index contributed by atoms with van der Waals surface area (Å²) >= 11 is 0. The summed E-state index contributed by atoms with van der Waals surface area (Å²) in [5, 5.41) is 9.05. The molecule has 0 spiro atoms. The largest absolute Gasteiger partial charge is 0.505 e. The van der Waals surface area contributed by atoms with Crippen LogP contribution >= 0.6 is 0 Å². The molecule has 1 aromatic rings. The molecular formula is C15H18FNO2. The molecule has 1 aromatic carbocycles. The number of carbonyl (C=O) groups excluding carboxylic acids is 1. The molecule has 3 nitrogen and oxygen atoms in total. The maximum atomic E-state index is 13.1. The van der Waals surface area contributed by atoms with E-state index in [0.717, 1.165) is 25.7 Å². The van der Waals surface area contributed by atoms with E-state index in [2.05, 4.69) is 4.99 Å². The molecule has 0 unspecified atom stereocenters. The van der Waals surface area contributed by atoms with Gasteiger partial charge >= 0.3 is 0 Å². The Labute approximate surface area is 112 Å². The number of phenols is 1. The molecule has 102 valence electrons. The second-order valence-electron chi connectivity index (χ2n) is 4.98. The molecule has 2 rings (SSSR count). The van der Waals surface area contributed by atoms with Crippen LogP contribution in [0.25, 0.3) is 0 Å². The molecule has 1 aliphatic rings. The van der Waals surface area contributed by atoms with Gasteiger partial charge in [0.05, 0.1) is 6.54 Å². The Morgan fingerprint density at radius 2 is 2.11 bits per heavy atom. The Hall–Kier alpha value is -1.71. The van der Waals surface area contributed by atoms with E-state index in [1.807, 2.05) is 0 Å². The zero-order chi connectivity index (χ0) is 13.7. The van der Waals surface area contributed by atoms with Gasteiger partial charge in [0, 0.05) is 12.1 Å². The Morgan fingerprint density at radius 1 is 1.37 bits per heavy atom. The van der Waals surface area contributed by atoms with E-state index < -0.39 is 5.82 Å². The van der Waals surface area contributed by atoms with Crippen molar-refractivity contribution in [1.29, 1.82) is 0 Å². The summed E-state index contributed by atoms with van der Waals surface area (Å²) in [5.41, 5.74) is 0.548. The molecule has 1 aliphatic carbocycles. The Balaban J connectivity index is 1.88. The van der Waals surface area contributed by atoms with Crippen molar-refractivity contribution in [2.45, 2.75) is 32.1 Å². The topological polar surface area (TPSA) is 49.7 Å². The van der Waals surface area contributed by atoms with Gasteiger partial charge in [0.15, 0.2) is 17.3 Å². The predicted octanol–water partition coefficient (Wildman–Crippen LogP) is 3.10. The average molecular weight is 263 g/mol. The third kappa shape index (κ3) is 3.88. The van der Waals surface area contributed by atoms with E-state index >= 15 is 0 Å². The molecule has 1 saturated carbocycles. The quantitative estimate of drug-likeness (QED) is 0.848. The molecule has 0 aromatic heterocycles. The van der Waals surface area contributed by atoms with E-state index in [9.17, 15) is 9.18 Å². The van der Waals surface area contributed by atoms with Crippen LogP contribution in [-0.2, 0) is 4.79 Å². The summed E-state index contributed by atoms with van der Waals surface area (Å²) < 4.78 is 13.1. The maximum Gasteiger partial charge on any atom is 0.165 e. The van der Waals surface area contributed by atoms with Crippen molar-refractivity contribution in [3.8, 4) is 5.75 Å². The smallest absolute Gasteiger partial charge is 0.165 e. The zero-order valence-corrected chi connectivity index (χ0v) is 10.8. The van der Waals surface area contributed by atoms with Crippen molar-refractivity contribution in [2.75, 3.05) is 6.54 Å². The minimum absolute atomic E-state index is 0.155. The van der Waals surface area contributed by atoms with Crippen LogP contribution in [0.2, 0.25) is 0 Å². The fourth-order valence-electron chi connectivity index (χ4n) is 2.40. The highest BCUT2D eigenvalue weighted by Gasteiger charge is 2.19. The van der Waals surface area contributed by atoms with Crippen LogP contribution in [-0.4, -0.2) is 23.6 Å². The van der Waals surface area contributed by atoms with Gasteiger partial charge in [0.2, 0.25) is 0 Å². The van der Waals surface area contributed by atoms with E-state index in [0.29, 0.717) is 5.56 Å². The zero-order valence-electron chi connectivity index (χ0n) is 10.8. The van der Waals surface area contributed by atoms with Gasteiger partial charge in [-0.05, 0) is 36.6 Å². The monoisotopic (exact) mass is 263 g/mol. The lowest BCUT2D eigenvalue weighted by Gasteiger charge is -2.19. The lowest BCUT2D eigenvalue weighted by atomic mass is 9.86. The summed E-state index contributed by atoms with van der Waals surface area (Å²) in [6.07, 6.45) is 6.90. The second kappa shape index (κ2) is 6.45. The molecule has 4 heteroatoms. The summed E-state index contributed by atoms with van der Waals surface area (Å²) in [6.45, 7) is 0.160. The number of rotatable bonds is 4. The van der Waals surface area contributed by atoms with Crippen molar-refractivity contribution in [2.24, 2.45) is 10.9 Å². The number of carbonyl (C=O) groups is 1. The SMILES string of the molecule is O=C(CN=Cc1ccc(O)c(F)c1)C1CCCCC1. The molecule has 1 N–H and O–H groups in total. The number of benzene rings is 1. The van der Waals surface area contributed by atoms with Gasteiger partial charge in [0.25, 0.3) is 0 Å². The number of halogens is 1. The maximum absolute atomic E-state index is 13.1. The van der Waals surface area contributed by atoms with E-state index in [-0.39, 0.29) is 24.0 Å². The van der Waals surface area contributed by atoms with Gasteiger partial charge < -0.3 is 5.11 Å². The van der Waals surface area contributed by atoms with E-state index in [1.54, 1.807) is 6.07 Å². The van der Waals surface area contributed by atoms with Gasteiger partial charge in [0.1, 0.15) is 0 Å². The Bertz CT molecular complexity index is 479. The van der Waals surface area contributed by atoms with Crippen molar-refractivity contribution < 1.29 is 14.3 Å². The number of hydrogen-bond acceptors (Lipinski definition) is 3. The fourth-order valence-corrected chi connectivity index (χ4v) is 2.40. The molecule has 0 amide bonds. The molecule has 0 saturated heterocycles. The first kappa shape index (κ1) is 13.7. The normalized spacial score (nSPS) is 16.9. The Kier molecular flexibility index (Phi) is 4.66. The highest BCUT2D eigenvalue weighted by atomic mass is 19.1. The molecule has 0 radical (unpaired) electrons. The van der Waals surface area contributed by atoms with Crippen LogP contribution in [0.4, 0.5) is 4.39 Å². The van der Waals surface area contributed by atoms with Crippen molar-refractivity contribution >= 4 is 12.0 Å². The van der Waals surface area contributed by atoms with Gasteiger partial charge in [-0.25, -0.2) is 4.39 Å². The summed E-state index contributed by atoms with van der Waals surface area (Å²) in [5.74, 6) is -0.726. The first-order chi connectivity index (χ1) is 9.16. The molecular weight excluding hydrogens is 245 g/mol. The van der Waals surface area contributed by atoms with Crippen LogP contribution in [0.1, 0.15) is 37.7 Å². The Morgan fingerprint density at radius 3 is 2.79 bits per heavy atom. The van der Waals surface area contributed by atoms with Crippen LogP contribution < -0.4 is 0 Å². The standard InChI is InChI=1S/C15H18FNO2/c16-13-8-11(6-7-14(13)18)9-17-10-15(19)12-4-2-1-3-5-12/h6-9,12,18H,1-5,10H2. The number of aromatic hydroxyl groups is 1. The highest BCUT2D eigenvalue weighted by molar-refractivity contribution is 5.86. The fraction of sp³-hybridized carbons (Fsp3) is 0.467. The van der Waals surface area contributed by atoms with Gasteiger partial charge in [-0.15, -0.1) is 0 Å². The molecule has 0 aliphatic heterocycles. The van der Waals surface area contributed by atoms with E-state index in [4.69, 9.17) is 5.11 Å². The van der Waals surface area contributed by atoms with Crippen LogP contribution in [0.5, 0.6) is 5.75 Å². The number of phenolic OH excluding ortho intramolecular Hbond substituents is 1. The van der Waals surface area contributed by atoms with Gasteiger partial charge in [-0.1, -0.05) is 19.3 Å². The first-order valence-corrected chi connectivity index (χ1v) is 6.68. The summed E-state index contributed by atoms with van der Waals surface area (Å²) in [6, 6.07) is 4.04. The minimum Gasteiger partial charge on any atom is -0.505 e. The summed E-state index contributed by atoms with van der Waals surface area (Å²) in [7, 11) is 0. The summed E-state index contributed by atoms with van der Waals surface area (Å²) in [4.78, 5) is 15.9.